The van der Waals surface area contributed by atoms with Crippen molar-refractivity contribution in [2.45, 2.75) is 0 Å². The Labute approximate surface area is 101 Å². The number of pyridine rings is 1. The van der Waals surface area contributed by atoms with E-state index in [1.54, 1.807) is 24.4 Å². The molecule has 1 amide bonds. The number of aromatic nitrogens is 5. The van der Waals surface area contributed by atoms with E-state index in [0.29, 0.717) is 22.7 Å². The van der Waals surface area contributed by atoms with E-state index >= 15 is 0 Å². The van der Waals surface area contributed by atoms with Crippen LogP contribution in [0.15, 0.2) is 37.1 Å². The third-order valence-electron chi connectivity index (χ3n) is 2.35. The average molecular weight is 240 g/mol. The van der Waals surface area contributed by atoms with Crippen molar-refractivity contribution in [3.8, 4) is 0 Å². The summed E-state index contributed by atoms with van der Waals surface area (Å²) < 4.78 is 0. The summed E-state index contributed by atoms with van der Waals surface area (Å²) in [6.07, 6.45) is 4.40. The first kappa shape index (κ1) is 10.3. The van der Waals surface area contributed by atoms with Crippen molar-refractivity contribution >= 4 is 22.9 Å². The summed E-state index contributed by atoms with van der Waals surface area (Å²) in [5.74, 6) is 0.0540. The molecule has 0 bridgehead atoms. The van der Waals surface area contributed by atoms with Gasteiger partial charge in [0.1, 0.15) is 17.5 Å². The van der Waals surface area contributed by atoms with Gasteiger partial charge < -0.3 is 10.3 Å². The molecule has 0 spiro atoms. The molecule has 3 aromatic rings. The summed E-state index contributed by atoms with van der Waals surface area (Å²) in [6, 6.07) is 5.11. The molecule has 18 heavy (non-hydrogen) atoms. The summed E-state index contributed by atoms with van der Waals surface area (Å²) in [4.78, 5) is 30.7. The highest BCUT2D eigenvalue weighted by Gasteiger charge is 2.11. The van der Waals surface area contributed by atoms with Gasteiger partial charge in [-0.1, -0.05) is 6.07 Å². The molecule has 7 nitrogen and oxygen atoms in total. The van der Waals surface area contributed by atoms with E-state index in [1.807, 2.05) is 0 Å². The minimum Gasteiger partial charge on any atom is -0.340 e. The second kappa shape index (κ2) is 4.21. The molecule has 0 aromatic carbocycles. The largest absolute Gasteiger partial charge is 0.340 e. The van der Waals surface area contributed by atoms with Gasteiger partial charge >= 0.3 is 0 Å². The molecule has 3 heterocycles. The number of carbonyl (C=O) groups is 1. The number of amides is 1. The van der Waals surface area contributed by atoms with E-state index < -0.39 is 0 Å². The van der Waals surface area contributed by atoms with E-state index in [4.69, 9.17) is 0 Å². The fourth-order valence-corrected chi connectivity index (χ4v) is 1.53. The standard InChI is InChI=1S/C11H8N6O/c18-11(7-3-1-2-4-12-7)17-10-8-9(14-5-13-8)15-6-16-10/h1-6H,(H2,13,14,15,16,17,18). The van der Waals surface area contributed by atoms with Crippen LogP contribution in [-0.4, -0.2) is 30.8 Å². The maximum atomic E-state index is 11.9. The highest BCUT2D eigenvalue weighted by molar-refractivity contribution is 6.05. The Kier molecular flexibility index (Phi) is 2.41. The molecule has 2 N–H and O–H groups in total. The molecular weight excluding hydrogens is 232 g/mol. The number of carbonyl (C=O) groups excluding carboxylic acids is 1. The lowest BCUT2D eigenvalue weighted by Gasteiger charge is -2.03. The molecule has 0 saturated carbocycles. The Bertz CT molecular complexity index is 693. The van der Waals surface area contributed by atoms with Crippen molar-refractivity contribution < 1.29 is 4.79 Å². The maximum absolute atomic E-state index is 11.9. The molecule has 0 aliphatic rings. The minimum atomic E-state index is -0.329. The number of nitrogens with zero attached hydrogens (tertiary/aromatic N) is 4. The molecule has 0 fully saturated rings. The van der Waals surface area contributed by atoms with Gasteiger partial charge in [0.15, 0.2) is 11.5 Å². The van der Waals surface area contributed by atoms with Crippen LogP contribution in [0.3, 0.4) is 0 Å². The monoisotopic (exact) mass is 240 g/mol. The zero-order chi connectivity index (χ0) is 12.4. The van der Waals surface area contributed by atoms with Crippen LogP contribution in [0.2, 0.25) is 0 Å². The molecule has 88 valence electrons. The van der Waals surface area contributed by atoms with Crippen LogP contribution in [0.1, 0.15) is 10.5 Å². The number of fused-ring (bicyclic) bond motifs is 1. The highest BCUT2D eigenvalue weighted by atomic mass is 16.1. The number of anilines is 1. The number of hydrogen-bond donors (Lipinski definition) is 2. The number of H-pyrrole nitrogens is 1. The highest BCUT2D eigenvalue weighted by Crippen LogP contribution is 2.14. The molecule has 3 aromatic heterocycles. The Morgan fingerprint density at radius 1 is 1.17 bits per heavy atom. The van der Waals surface area contributed by atoms with E-state index in [2.05, 4.69) is 30.2 Å². The van der Waals surface area contributed by atoms with Gasteiger partial charge in [0, 0.05) is 6.20 Å². The summed E-state index contributed by atoms with van der Waals surface area (Å²) in [7, 11) is 0. The number of aromatic amines is 1. The lowest BCUT2D eigenvalue weighted by atomic mass is 10.3. The Morgan fingerprint density at radius 2 is 2.11 bits per heavy atom. The molecule has 0 aliphatic carbocycles. The number of imidazole rings is 1. The van der Waals surface area contributed by atoms with Crippen molar-refractivity contribution in [1.82, 2.24) is 24.9 Å². The second-order valence-corrected chi connectivity index (χ2v) is 3.49. The first-order chi connectivity index (χ1) is 8.84. The van der Waals surface area contributed by atoms with Gasteiger partial charge in [0.2, 0.25) is 0 Å². The quantitative estimate of drug-likeness (QED) is 0.696. The molecule has 0 radical (unpaired) electrons. The average Bonchev–Trinajstić information content (AvgIpc) is 2.89. The Hall–Kier alpha value is -2.83. The predicted molar refractivity (Wildman–Crippen MR) is 63.9 cm³/mol. The summed E-state index contributed by atoms with van der Waals surface area (Å²) >= 11 is 0. The van der Waals surface area contributed by atoms with Crippen LogP contribution in [0.25, 0.3) is 11.2 Å². The molecule has 0 aliphatic heterocycles. The third-order valence-corrected chi connectivity index (χ3v) is 2.35. The molecule has 3 rings (SSSR count). The zero-order valence-electron chi connectivity index (χ0n) is 9.16. The predicted octanol–water partition coefficient (Wildman–Crippen LogP) is 1.00. The fraction of sp³-hybridized carbons (Fsp3) is 0. The summed E-state index contributed by atoms with van der Waals surface area (Å²) in [6.45, 7) is 0. The summed E-state index contributed by atoms with van der Waals surface area (Å²) in [5.41, 5.74) is 1.41. The van der Waals surface area contributed by atoms with Crippen molar-refractivity contribution in [3.05, 3.63) is 42.7 Å². The molecule has 0 atom stereocenters. The number of hydrogen-bond acceptors (Lipinski definition) is 5. The Balaban J connectivity index is 1.93. The number of nitrogens with one attached hydrogen (secondary N) is 2. The normalized spacial score (nSPS) is 10.4. The van der Waals surface area contributed by atoms with Gasteiger partial charge in [-0.15, -0.1) is 0 Å². The topological polar surface area (TPSA) is 96.5 Å². The van der Waals surface area contributed by atoms with Crippen LogP contribution in [-0.2, 0) is 0 Å². The van der Waals surface area contributed by atoms with Crippen LogP contribution in [0.4, 0.5) is 5.82 Å². The smallest absolute Gasteiger partial charge is 0.275 e. The SMILES string of the molecule is O=C(Nc1ncnc2nc[nH]c12)c1ccccn1. The van der Waals surface area contributed by atoms with Crippen molar-refractivity contribution in [2.24, 2.45) is 0 Å². The fourth-order valence-electron chi connectivity index (χ4n) is 1.53. The first-order valence-corrected chi connectivity index (χ1v) is 5.21. The van der Waals surface area contributed by atoms with E-state index in [9.17, 15) is 4.79 Å². The van der Waals surface area contributed by atoms with Crippen LogP contribution in [0, 0.1) is 0 Å². The first-order valence-electron chi connectivity index (χ1n) is 5.21. The van der Waals surface area contributed by atoms with E-state index in [-0.39, 0.29) is 5.91 Å². The van der Waals surface area contributed by atoms with Gasteiger partial charge in [-0.2, -0.15) is 0 Å². The minimum absolute atomic E-state index is 0.323. The van der Waals surface area contributed by atoms with Crippen LogP contribution >= 0.6 is 0 Å². The van der Waals surface area contributed by atoms with Gasteiger partial charge in [-0.05, 0) is 12.1 Å². The molecule has 0 saturated heterocycles. The van der Waals surface area contributed by atoms with Crippen LogP contribution < -0.4 is 5.32 Å². The Morgan fingerprint density at radius 3 is 2.94 bits per heavy atom. The second-order valence-electron chi connectivity index (χ2n) is 3.49. The lowest BCUT2D eigenvalue weighted by molar-refractivity contribution is 0.102. The maximum Gasteiger partial charge on any atom is 0.275 e. The number of rotatable bonds is 2. The zero-order valence-corrected chi connectivity index (χ0v) is 9.16. The summed E-state index contributed by atoms with van der Waals surface area (Å²) in [5, 5.41) is 2.66. The van der Waals surface area contributed by atoms with Gasteiger partial charge in [-0.25, -0.2) is 15.0 Å². The third kappa shape index (κ3) is 1.77. The van der Waals surface area contributed by atoms with Crippen LogP contribution in [0.5, 0.6) is 0 Å². The van der Waals surface area contributed by atoms with Crippen molar-refractivity contribution in [2.75, 3.05) is 5.32 Å². The van der Waals surface area contributed by atoms with Gasteiger partial charge in [0.25, 0.3) is 5.91 Å². The van der Waals surface area contributed by atoms with Crippen molar-refractivity contribution in [3.63, 3.8) is 0 Å². The van der Waals surface area contributed by atoms with E-state index in [1.165, 1.54) is 12.7 Å². The molecule has 0 unspecified atom stereocenters. The molecule has 7 heteroatoms. The van der Waals surface area contributed by atoms with E-state index in [0.717, 1.165) is 0 Å². The molecular formula is C11H8N6O. The van der Waals surface area contributed by atoms with Gasteiger partial charge in [0.05, 0.1) is 6.33 Å². The van der Waals surface area contributed by atoms with Crippen molar-refractivity contribution in [1.29, 1.82) is 0 Å². The lowest BCUT2D eigenvalue weighted by Crippen LogP contribution is -2.14. The van der Waals surface area contributed by atoms with Gasteiger partial charge in [-0.3, -0.25) is 9.78 Å².